The Morgan fingerprint density at radius 1 is 1.56 bits per heavy atom. The first-order valence-corrected chi connectivity index (χ1v) is 6.00. The van der Waals surface area contributed by atoms with Crippen molar-refractivity contribution in [3.8, 4) is 0 Å². The van der Waals surface area contributed by atoms with E-state index in [2.05, 4.69) is 15.9 Å². The van der Waals surface area contributed by atoms with E-state index in [-0.39, 0.29) is 23.4 Å². The monoisotopic (exact) mass is 286 g/mol. The van der Waals surface area contributed by atoms with E-state index in [9.17, 15) is 9.18 Å². The number of hydrogen-bond acceptors (Lipinski definition) is 2. The molecule has 4 heteroatoms. The molecule has 1 aliphatic heterocycles. The number of Topliss-reactive ketones (excluding diaryl/α,β-unsaturated/α-hetero) is 1. The van der Waals surface area contributed by atoms with E-state index < -0.39 is 5.82 Å². The van der Waals surface area contributed by atoms with Crippen LogP contribution in [0.1, 0.15) is 23.7 Å². The molecule has 1 aliphatic rings. The highest BCUT2D eigenvalue weighted by Gasteiger charge is 2.32. The molecule has 16 heavy (non-hydrogen) atoms. The van der Waals surface area contributed by atoms with Crippen LogP contribution >= 0.6 is 15.9 Å². The van der Waals surface area contributed by atoms with Crippen LogP contribution in [-0.2, 0) is 4.74 Å². The van der Waals surface area contributed by atoms with Crippen LogP contribution < -0.4 is 0 Å². The summed E-state index contributed by atoms with van der Waals surface area (Å²) in [5.74, 6) is -0.847. The lowest BCUT2D eigenvalue weighted by molar-refractivity contribution is 0.0761. The molecule has 1 heterocycles. The second-order valence-corrected chi connectivity index (χ2v) is 4.88. The molecule has 0 bridgehead atoms. The van der Waals surface area contributed by atoms with Gasteiger partial charge in [0.25, 0.3) is 0 Å². The standard InChI is InChI=1S/C12H12BrFO2/c1-7-9(4-5-16-7)12(15)10-6-8(13)2-3-11(10)14/h2-3,6-7,9H,4-5H2,1H3. The van der Waals surface area contributed by atoms with Crippen molar-refractivity contribution in [2.24, 2.45) is 5.92 Å². The molecule has 1 aromatic rings. The molecule has 2 atom stereocenters. The van der Waals surface area contributed by atoms with Gasteiger partial charge in [-0.15, -0.1) is 0 Å². The number of ether oxygens (including phenoxy) is 1. The lowest BCUT2D eigenvalue weighted by Gasteiger charge is -2.13. The second kappa shape index (κ2) is 4.63. The van der Waals surface area contributed by atoms with Crippen LogP contribution in [0.3, 0.4) is 0 Å². The Bertz CT molecular complexity index is 419. The van der Waals surface area contributed by atoms with Gasteiger partial charge in [0.2, 0.25) is 0 Å². The molecule has 0 saturated carbocycles. The average molecular weight is 287 g/mol. The van der Waals surface area contributed by atoms with Crippen LogP contribution in [-0.4, -0.2) is 18.5 Å². The van der Waals surface area contributed by atoms with Gasteiger partial charge < -0.3 is 4.74 Å². The summed E-state index contributed by atoms with van der Waals surface area (Å²) in [5, 5.41) is 0. The lowest BCUT2D eigenvalue weighted by Crippen LogP contribution is -2.22. The molecule has 1 fully saturated rings. The molecule has 0 aromatic heterocycles. The third-order valence-corrected chi connectivity index (χ3v) is 3.40. The van der Waals surface area contributed by atoms with Crippen LogP contribution in [0.4, 0.5) is 4.39 Å². The van der Waals surface area contributed by atoms with Crippen LogP contribution in [0.5, 0.6) is 0 Å². The molecule has 1 aromatic carbocycles. The van der Waals surface area contributed by atoms with Crippen molar-refractivity contribution in [1.29, 1.82) is 0 Å². The van der Waals surface area contributed by atoms with E-state index in [0.29, 0.717) is 17.5 Å². The molecule has 0 N–H and O–H groups in total. The van der Waals surface area contributed by atoms with Crippen LogP contribution in [0.15, 0.2) is 22.7 Å². The molecule has 0 aliphatic carbocycles. The number of ketones is 1. The predicted molar refractivity (Wildman–Crippen MR) is 62.0 cm³/mol. The largest absolute Gasteiger partial charge is 0.378 e. The van der Waals surface area contributed by atoms with Crippen molar-refractivity contribution < 1.29 is 13.9 Å². The highest BCUT2D eigenvalue weighted by atomic mass is 79.9. The summed E-state index contributed by atoms with van der Waals surface area (Å²) in [6.45, 7) is 2.43. The Morgan fingerprint density at radius 2 is 2.31 bits per heavy atom. The first-order valence-electron chi connectivity index (χ1n) is 5.20. The van der Waals surface area contributed by atoms with Crippen LogP contribution in [0.25, 0.3) is 0 Å². The van der Waals surface area contributed by atoms with E-state index in [1.807, 2.05) is 6.92 Å². The molecule has 1 saturated heterocycles. The summed E-state index contributed by atoms with van der Waals surface area (Å²) in [7, 11) is 0. The van der Waals surface area contributed by atoms with Gasteiger partial charge in [0.1, 0.15) is 5.82 Å². The van der Waals surface area contributed by atoms with Gasteiger partial charge in [-0.25, -0.2) is 4.39 Å². The minimum Gasteiger partial charge on any atom is -0.378 e. The fourth-order valence-electron chi connectivity index (χ4n) is 1.96. The number of benzene rings is 1. The van der Waals surface area contributed by atoms with Gasteiger partial charge in [-0.1, -0.05) is 15.9 Å². The van der Waals surface area contributed by atoms with Gasteiger partial charge in [0.05, 0.1) is 17.6 Å². The van der Waals surface area contributed by atoms with Crippen molar-refractivity contribution in [2.45, 2.75) is 19.4 Å². The highest BCUT2D eigenvalue weighted by molar-refractivity contribution is 9.10. The van der Waals surface area contributed by atoms with E-state index in [4.69, 9.17) is 4.74 Å². The molecule has 2 unspecified atom stereocenters. The number of rotatable bonds is 2. The van der Waals surface area contributed by atoms with E-state index in [1.54, 1.807) is 6.07 Å². The maximum atomic E-state index is 13.5. The highest BCUT2D eigenvalue weighted by Crippen LogP contribution is 2.27. The lowest BCUT2D eigenvalue weighted by atomic mass is 9.92. The quantitative estimate of drug-likeness (QED) is 0.781. The number of hydrogen-bond donors (Lipinski definition) is 0. The molecule has 0 amide bonds. The molecular formula is C12H12BrFO2. The molecule has 2 rings (SSSR count). The molecule has 0 radical (unpaired) electrons. The maximum absolute atomic E-state index is 13.5. The third-order valence-electron chi connectivity index (χ3n) is 2.91. The Morgan fingerprint density at radius 3 is 2.94 bits per heavy atom. The van der Waals surface area contributed by atoms with Crippen molar-refractivity contribution >= 4 is 21.7 Å². The summed E-state index contributed by atoms with van der Waals surface area (Å²) in [6, 6.07) is 4.42. The summed E-state index contributed by atoms with van der Waals surface area (Å²) in [4.78, 5) is 12.1. The van der Waals surface area contributed by atoms with Crippen LogP contribution in [0, 0.1) is 11.7 Å². The summed E-state index contributed by atoms with van der Waals surface area (Å²) in [6.07, 6.45) is 0.553. The van der Waals surface area contributed by atoms with E-state index in [1.165, 1.54) is 12.1 Å². The Hall–Kier alpha value is -0.740. The van der Waals surface area contributed by atoms with Gasteiger partial charge >= 0.3 is 0 Å². The second-order valence-electron chi connectivity index (χ2n) is 3.96. The fourth-order valence-corrected chi connectivity index (χ4v) is 2.32. The first-order chi connectivity index (χ1) is 7.59. The van der Waals surface area contributed by atoms with Crippen molar-refractivity contribution in [3.05, 3.63) is 34.1 Å². The summed E-state index contributed by atoms with van der Waals surface area (Å²) in [5.41, 5.74) is 0.150. The minimum atomic E-state index is -0.465. The predicted octanol–water partition coefficient (Wildman–Crippen LogP) is 3.20. The van der Waals surface area contributed by atoms with Gasteiger partial charge in [0, 0.05) is 11.1 Å². The van der Waals surface area contributed by atoms with Crippen molar-refractivity contribution in [2.75, 3.05) is 6.61 Å². The topological polar surface area (TPSA) is 26.3 Å². The van der Waals surface area contributed by atoms with Gasteiger partial charge in [-0.05, 0) is 31.5 Å². The van der Waals surface area contributed by atoms with Crippen LogP contribution in [0.2, 0.25) is 0 Å². The number of carbonyl (C=O) groups is 1. The Kier molecular flexibility index (Phi) is 3.40. The zero-order chi connectivity index (χ0) is 11.7. The Balaban J connectivity index is 2.29. The molecular weight excluding hydrogens is 275 g/mol. The smallest absolute Gasteiger partial charge is 0.171 e. The summed E-state index contributed by atoms with van der Waals surface area (Å²) >= 11 is 3.24. The van der Waals surface area contributed by atoms with E-state index >= 15 is 0 Å². The SMILES string of the molecule is CC1OCCC1C(=O)c1cc(Br)ccc1F. The molecule has 2 nitrogen and oxygen atoms in total. The summed E-state index contributed by atoms with van der Waals surface area (Å²) < 4.78 is 19.6. The zero-order valence-corrected chi connectivity index (χ0v) is 10.5. The number of halogens is 2. The maximum Gasteiger partial charge on any atom is 0.171 e. The normalized spacial score (nSPS) is 24.7. The van der Waals surface area contributed by atoms with Gasteiger partial charge in [-0.2, -0.15) is 0 Å². The average Bonchev–Trinajstić information content (AvgIpc) is 2.67. The van der Waals surface area contributed by atoms with E-state index in [0.717, 1.165) is 0 Å². The zero-order valence-electron chi connectivity index (χ0n) is 8.87. The van der Waals surface area contributed by atoms with Crippen molar-refractivity contribution in [1.82, 2.24) is 0 Å². The van der Waals surface area contributed by atoms with Gasteiger partial charge in [0.15, 0.2) is 5.78 Å². The fraction of sp³-hybridized carbons (Fsp3) is 0.417. The minimum absolute atomic E-state index is 0.120. The van der Waals surface area contributed by atoms with Gasteiger partial charge in [-0.3, -0.25) is 4.79 Å². The number of carbonyl (C=O) groups excluding carboxylic acids is 1. The third kappa shape index (κ3) is 2.18. The van der Waals surface area contributed by atoms with Crippen molar-refractivity contribution in [3.63, 3.8) is 0 Å². The first kappa shape index (κ1) is 11.7. The molecule has 86 valence electrons. The Labute approximate surface area is 102 Å². The molecule has 0 spiro atoms.